The van der Waals surface area contributed by atoms with E-state index in [2.05, 4.69) is 20.5 Å². The highest BCUT2D eigenvalue weighted by molar-refractivity contribution is 5.80. The van der Waals surface area contributed by atoms with Crippen molar-refractivity contribution < 1.29 is 0 Å². The van der Waals surface area contributed by atoms with Crippen LogP contribution in [-0.4, -0.2) is 42.8 Å². The Bertz CT molecular complexity index is 294. The Morgan fingerprint density at radius 1 is 1.56 bits per heavy atom. The number of rotatable bonds is 4. The summed E-state index contributed by atoms with van der Waals surface area (Å²) in [6, 6.07) is 0. The first-order valence-corrected chi connectivity index (χ1v) is 5.69. The highest BCUT2D eigenvalue weighted by Crippen LogP contribution is 2.15. The highest BCUT2D eigenvalue weighted by atomic mass is 15.3. The second kappa shape index (κ2) is 4.82. The standard InChI is InChI=1S/C10H20N6/c11-9-14-4-3-10(12,15-9)2-1-6-16-7-5-13-8-16/h3-4,13H,1-2,5-8,12H2,(H3,11,14,15). The lowest BCUT2D eigenvalue weighted by molar-refractivity contribution is 0.312. The van der Waals surface area contributed by atoms with E-state index in [4.69, 9.17) is 11.5 Å². The van der Waals surface area contributed by atoms with E-state index in [1.807, 2.05) is 6.08 Å². The third kappa shape index (κ3) is 2.94. The van der Waals surface area contributed by atoms with Gasteiger partial charge in [0.25, 0.3) is 0 Å². The molecule has 0 amide bonds. The number of hydrogen-bond acceptors (Lipinski definition) is 6. The van der Waals surface area contributed by atoms with E-state index in [1.54, 1.807) is 6.20 Å². The van der Waals surface area contributed by atoms with Gasteiger partial charge in [0.05, 0.1) is 0 Å². The van der Waals surface area contributed by atoms with E-state index in [0.717, 1.165) is 39.1 Å². The van der Waals surface area contributed by atoms with Gasteiger partial charge in [0.2, 0.25) is 0 Å². The maximum absolute atomic E-state index is 6.11. The topological polar surface area (TPSA) is 91.7 Å². The van der Waals surface area contributed by atoms with Gasteiger partial charge in [-0.15, -0.1) is 0 Å². The first-order chi connectivity index (χ1) is 7.68. The van der Waals surface area contributed by atoms with Crippen LogP contribution < -0.4 is 22.1 Å². The summed E-state index contributed by atoms with van der Waals surface area (Å²) < 4.78 is 0. The summed E-state index contributed by atoms with van der Waals surface area (Å²) in [6.45, 7) is 4.26. The molecular formula is C10H20N6. The molecule has 6 heteroatoms. The molecule has 1 saturated heterocycles. The third-order valence-electron chi connectivity index (χ3n) is 2.92. The van der Waals surface area contributed by atoms with E-state index >= 15 is 0 Å². The molecule has 0 aliphatic carbocycles. The Kier molecular flexibility index (Phi) is 3.42. The van der Waals surface area contributed by atoms with Gasteiger partial charge in [-0.1, -0.05) is 0 Å². The van der Waals surface area contributed by atoms with Gasteiger partial charge >= 0.3 is 0 Å². The van der Waals surface area contributed by atoms with Crippen molar-refractivity contribution in [2.45, 2.75) is 18.5 Å². The lowest BCUT2D eigenvalue weighted by Gasteiger charge is -2.25. The molecule has 0 bridgehead atoms. The Hall–Kier alpha value is -1.11. The number of nitrogens with one attached hydrogen (secondary N) is 2. The van der Waals surface area contributed by atoms with Gasteiger partial charge < -0.3 is 22.1 Å². The molecule has 16 heavy (non-hydrogen) atoms. The van der Waals surface area contributed by atoms with Gasteiger partial charge in [-0.05, 0) is 25.5 Å². The Morgan fingerprint density at radius 2 is 2.44 bits per heavy atom. The molecule has 6 N–H and O–H groups in total. The van der Waals surface area contributed by atoms with E-state index in [1.165, 1.54) is 0 Å². The fourth-order valence-electron chi connectivity index (χ4n) is 2.03. The van der Waals surface area contributed by atoms with Gasteiger partial charge in [0.15, 0.2) is 5.96 Å². The number of guanidine groups is 1. The molecule has 0 aromatic rings. The van der Waals surface area contributed by atoms with Gasteiger partial charge in [-0.3, -0.25) is 4.90 Å². The molecule has 0 radical (unpaired) electrons. The largest absolute Gasteiger partial charge is 0.370 e. The van der Waals surface area contributed by atoms with Crippen LogP contribution >= 0.6 is 0 Å². The second-order valence-electron chi connectivity index (χ2n) is 4.35. The Morgan fingerprint density at radius 3 is 3.12 bits per heavy atom. The molecular weight excluding hydrogens is 204 g/mol. The molecule has 0 aromatic heterocycles. The molecule has 2 aliphatic rings. The summed E-state index contributed by atoms with van der Waals surface area (Å²) in [5, 5.41) is 6.12. The normalized spacial score (nSPS) is 30.2. The summed E-state index contributed by atoms with van der Waals surface area (Å²) >= 11 is 0. The van der Waals surface area contributed by atoms with Crippen molar-refractivity contribution in [3.05, 3.63) is 12.3 Å². The number of nitrogens with two attached hydrogens (primary N) is 2. The van der Waals surface area contributed by atoms with Crippen molar-refractivity contribution in [2.75, 3.05) is 26.3 Å². The third-order valence-corrected chi connectivity index (χ3v) is 2.92. The molecule has 1 atom stereocenters. The first kappa shape index (κ1) is 11.4. The van der Waals surface area contributed by atoms with Gasteiger partial charge in [-0.2, -0.15) is 0 Å². The van der Waals surface area contributed by atoms with Crippen molar-refractivity contribution in [3.8, 4) is 0 Å². The minimum Gasteiger partial charge on any atom is -0.370 e. The second-order valence-corrected chi connectivity index (χ2v) is 4.35. The van der Waals surface area contributed by atoms with Crippen molar-refractivity contribution in [1.82, 2.24) is 15.5 Å². The molecule has 0 saturated carbocycles. The maximum Gasteiger partial charge on any atom is 0.194 e. The summed E-state index contributed by atoms with van der Waals surface area (Å²) in [5.74, 6) is 0.396. The average Bonchev–Trinajstić information content (AvgIpc) is 2.69. The van der Waals surface area contributed by atoms with Gasteiger partial charge in [0.1, 0.15) is 5.66 Å². The lowest BCUT2D eigenvalue weighted by Crippen LogP contribution is -2.44. The molecule has 0 aromatic carbocycles. The van der Waals surface area contributed by atoms with Crippen LogP contribution in [0, 0.1) is 0 Å². The monoisotopic (exact) mass is 224 g/mol. The van der Waals surface area contributed by atoms with Crippen LogP contribution in [0.3, 0.4) is 0 Å². The van der Waals surface area contributed by atoms with Crippen molar-refractivity contribution in [2.24, 2.45) is 16.5 Å². The number of nitrogens with zero attached hydrogens (tertiary/aromatic N) is 2. The molecule has 6 nitrogen and oxygen atoms in total. The van der Waals surface area contributed by atoms with Crippen LogP contribution in [0.2, 0.25) is 0 Å². The minimum absolute atomic E-state index is 0.396. The van der Waals surface area contributed by atoms with Gasteiger partial charge in [-0.25, -0.2) is 4.99 Å². The van der Waals surface area contributed by atoms with E-state index in [9.17, 15) is 0 Å². The van der Waals surface area contributed by atoms with E-state index < -0.39 is 5.66 Å². The smallest absolute Gasteiger partial charge is 0.194 e. The molecule has 1 unspecified atom stereocenters. The summed E-state index contributed by atoms with van der Waals surface area (Å²) in [4.78, 5) is 6.59. The van der Waals surface area contributed by atoms with E-state index in [0.29, 0.717) is 5.96 Å². The van der Waals surface area contributed by atoms with Gasteiger partial charge in [0, 0.05) is 26.0 Å². The summed E-state index contributed by atoms with van der Waals surface area (Å²) in [6.07, 6.45) is 5.48. The van der Waals surface area contributed by atoms with Crippen molar-refractivity contribution in [3.63, 3.8) is 0 Å². The Labute approximate surface area is 95.8 Å². The van der Waals surface area contributed by atoms with Crippen LogP contribution in [0.25, 0.3) is 0 Å². The molecule has 0 spiro atoms. The predicted octanol–water partition coefficient (Wildman–Crippen LogP) is -1.28. The van der Waals surface area contributed by atoms with E-state index in [-0.39, 0.29) is 0 Å². The zero-order chi connectivity index (χ0) is 11.4. The van der Waals surface area contributed by atoms with Crippen molar-refractivity contribution in [1.29, 1.82) is 0 Å². The molecule has 2 heterocycles. The first-order valence-electron chi connectivity index (χ1n) is 5.69. The zero-order valence-corrected chi connectivity index (χ0v) is 9.45. The van der Waals surface area contributed by atoms with Crippen LogP contribution in [0.5, 0.6) is 0 Å². The molecule has 1 fully saturated rings. The summed E-state index contributed by atoms with van der Waals surface area (Å²) in [7, 11) is 0. The van der Waals surface area contributed by atoms with Crippen LogP contribution in [0.1, 0.15) is 12.8 Å². The zero-order valence-electron chi connectivity index (χ0n) is 9.45. The Balaban J connectivity index is 1.76. The molecule has 2 rings (SSSR count). The summed E-state index contributed by atoms with van der Waals surface area (Å²) in [5.41, 5.74) is 11.1. The maximum atomic E-state index is 6.11. The van der Waals surface area contributed by atoms with Crippen LogP contribution in [-0.2, 0) is 0 Å². The van der Waals surface area contributed by atoms with Crippen LogP contribution in [0.4, 0.5) is 0 Å². The average molecular weight is 224 g/mol. The fraction of sp³-hybridized carbons (Fsp3) is 0.700. The SMILES string of the molecule is NC1=NC(N)(CCCN2CCNC2)C=CN1. The lowest BCUT2D eigenvalue weighted by atomic mass is 10.0. The minimum atomic E-state index is -0.623. The van der Waals surface area contributed by atoms with Crippen LogP contribution in [0.15, 0.2) is 17.3 Å². The quantitative estimate of drug-likeness (QED) is 0.477. The molecule has 90 valence electrons. The molecule has 2 aliphatic heterocycles. The number of aliphatic imine (C=N–C) groups is 1. The van der Waals surface area contributed by atoms with Crippen molar-refractivity contribution >= 4 is 5.96 Å². The predicted molar refractivity (Wildman–Crippen MR) is 64.5 cm³/mol. The fourth-order valence-corrected chi connectivity index (χ4v) is 2.03. The highest BCUT2D eigenvalue weighted by Gasteiger charge is 2.23. The number of hydrogen-bond donors (Lipinski definition) is 4.